The van der Waals surface area contributed by atoms with Crippen LogP contribution in [0.15, 0.2) is 23.1 Å². The van der Waals surface area contributed by atoms with Gasteiger partial charge >= 0.3 is 0 Å². The summed E-state index contributed by atoms with van der Waals surface area (Å²) in [5.74, 6) is 0.406. The van der Waals surface area contributed by atoms with Crippen LogP contribution in [0.2, 0.25) is 0 Å². The minimum Gasteiger partial charge on any atom is -0.744 e. The number of halogens is 1. The molecule has 0 aliphatic heterocycles. The van der Waals surface area contributed by atoms with Crippen molar-refractivity contribution >= 4 is 21.7 Å². The fraction of sp³-hybridized carbons (Fsp3) is 0.333. The maximum atomic E-state index is 10.7. The molecule has 0 bridgehead atoms. The van der Waals surface area contributed by atoms with Gasteiger partial charge in [0.05, 0.1) is 4.90 Å². The van der Waals surface area contributed by atoms with E-state index in [-0.39, 0.29) is 4.90 Å². The van der Waals surface area contributed by atoms with Gasteiger partial charge in [-0.05, 0) is 36.6 Å². The monoisotopic (exact) mass is 233 g/mol. The first-order valence-corrected chi connectivity index (χ1v) is 6.01. The molecule has 1 aromatic carbocycles. The molecule has 0 unspecified atom stereocenters. The second-order valence-corrected chi connectivity index (χ2v) is 4.74. The molecule has 0 aliphatic rings. The van der Waals surface area contributed by atoms with E-state index >= 15 is 0 Å². The van der Waals surface area contributed by atoms with Crippen molar-refractivity contribution in [2.24, 2.45) is 0 Å². The second-order valence-electron chi connectivity index (χ2n) is 2.98. The van der Waals surface area contributed by atoms with Crippen LogP contribution in [0.4, 0.5) is 0 Å². The van der Waals surface area contributed by atoms with Gasteiger partial charge in [0.1, 0.15) is 10.1 Å². The number of hydrogen-bond acceptors (Lipinski definition) is 3. The molecular formula is C9H10ClO3S-. The van der Waals surface area contributed by atoms with Crippen LogP contribution in [0.1, 0.15) is 11.1 Å². The van der Waals surface area contributed by atoms with E-state index in [1.54, 1.807) is 6.07 Å². The third-order valence-electron chi connectivity index (χ3n) is 1.97. The highest BCUT2D eigenvalue weighted by Gasteiger charge is 2.04. The third-order valence-corrected chi connectivity index (χ3v) is 2.99. The van der Waals surface area contributed by atoms with Crippen molar-refractivity contribution in [1.82, 2.24) is 0 Å². The van der Waals surface area contributed by atoms with E-state index in [0.29, 0.717) is 12.3 Å². The summed E-state index contributed by atoms with van der Waals surface area (Å²) in [6, 6.07) is 4.32. The number of benzene rings is 1. The highest BCUT2D eigenvalue weighted by molar-refractivity contribution is 7.85. The lowest BCUT2D eigenvalue weighted by Crippen LogP contribution is -2.01. The Kier molecular flexibility index (Phi) is 3.53. The predicted octanol–water partition coefficient (Wildman–Crippen LogP) is 1.68. The van der Waals surface area contributed by atoms with Gasteiger partial charge in [-0.3, -0.25) is 0 Å². The van der Waals surface area contributed by atoms with Gasteiger partial charge < -0.3 is 4.55 Å². The Morgan fingerprint density at radius 2 is 2.07 bits per heavy atom. The molecule has 0 saturated heterocycles. The van der Waals surface area contributed by atoms with Crippen molar-refractivity contribution in [1.29, 1.82) is 0 Å². The molecule has 0 aromatic heterocycles. The highest BCUT2D eigenvalue weighted by Crippen LogP contribution is 2.16. The zero-order valence-electron chi connectivity index (χ0n) is 7.66. The molecule has 3 nitrogen and oxygen atoms in total. The average molecular weight is 234 g/mol. The van der Waals surface area contributed by atoms with Crippen molar-refractivity contribution in [3.8, 4) is 0 Å². The van der Waals surface area contributed by atoms with E-state index in [0.717, 1.165) is 11.1 Å². The predicted molar refractivity (Wildman–Crippen MR) is 53.6 cm³/mol. The molecule has 0 fully saturated rings. The molecule has 0 N–H and O–H groups in total. The lowest BCUT2D eigenvalue weighted by molar-refractivity contribution is 0.463. The summed E-state index contributed by atoms with van der Waals surface area (Å²) in [4.78, 5) is -0.191. The van der Waals surface area contributed by atoms with Crippen molar-refractivity contribution < 1.29 is 13.0 Å². The molecule has 0 heterocycles. The van der Waals surface area contributed by atoms with Crippen LogP contribution < -0.4 is 0 Å². The van der Waals surface area contributed by atoms with E-state index in [1.807, 2.05) is 6.92 Å². The van der Waals surface area contributed by atoms with Gasteiger partial charge in [-0.1, -0.05) is 6.07 Å². The summed E-state index contributed by atoms with van der Waals surface area (Å²) in [6.07, 6.45) is 0.566. The second kappa shape index (κ2) is 4.29. The van der Waals surface area contributed by atoms with Crippen molar-refractivity contribution in [3.63, 3.8) is 0 Å². The summed E-state index contributed by atoms with van der Waals surface area (Å²) < 4.78 is 32.1. The van der Waals surface area contributed by atoms with Gasteiger partial charge in [0, 0.05) is 5.88 Å². The first-order valence-electron chi connectivity index (χ1n) is 4.06. The molecule has 0 radical (unpaired) electrons. The van der Waals surface area contributed by atoms with Gasteiger partial charge in [0.25, 0.3) is 0 Å². The lowest BCUT2D eigenvalue weighted by Gasteiger charge is -2.10. The third kappa shape index (κ3) is 2.70. The smallest absolute Gasteiger partial charge is 0.124 e. The normalized spacial score (nSPS) is 11.6. The van der Waals surface area contributed by atoms with Crippen molar-refractivity contribution in [2.75, 3.05) is 5.88 Å². The Balaban J connectivity index is 3.20. The highest BCUT2D eigenvalue weighted by atomic mass is 35.5. The van der Waals surface area contributed by atoms with Gasteiger partial charge in [0.15, 0.2) is 0 Å². The fourth-order valence-electron chi connectivity index (χ4n) is 1.17. The van der Waals surface area contributed by atoms with Crippen molar-refractivity contribution in [2.45, 2.75) is 18.2 Å². The molecule has 1 aromatic rings. The van der Waals surface area contributed by atoms with E-state index in [2.05, 4.69) is 0 Å². The fourth-order valence-corrected chi connectivity index (χ4v) is 1.90. The van der Waals surface area contributed by atoms with Gasteiger partial charge in [-0.2, -0.15) is 0 Å². The lowest BCUT2D eigenvalue weighted by atomic mass is 10.1. The van der Waals surface area contributed by atoms with Gasteiger partial charge in [-0.25, -0.2) is 8.42 Å². The molecule has 14 heavy (non-hydrogen) atoms. The SMILES string of the molecule is Cc1ccc(S(=O)(=O)[O-])cc1CCCl. The Bertz CT molecular complexity index is 426. The minimum absolute atomic E-state index is 0.191. The number of hydrogen-bond donors (Lipinski definition) is 0. The molecular weight excluding hydrogens is 224 g/mol. The number of aryl methyl sites for hydroxylation is 2. The average Bonchev–Trinajstić information content (AvgIpc) is 2.07. The molecule has 0 atom stereocenters. The van der Waals surface area contributed by atoms with Crippen molar-refractivity contribution in [3.05, 3.63) is 29.3 Å². The topological polar surface area (TPSA) is 57.2 Å². The molecule has 0 spiro atoms. The van der Waals surface area contributed by atoms with Crippen LogP contribution in [-0.2, 0) is 16.5 Å². The zero-order chi connectivity index (χ0) is 10.8. The maximum absolute atomic E-state index is 10.7. The summed E-state index contributed by atoms with van der Waals surface area (Å²) in [6.45, 7) is 1.85. The Morgan fingerprint density at radius 3 is 2.57 bits per heavy atom. The summed E-state index contributed by atoms with van der Waals surface area (Å²) in [5.41, 5.74) is 1.75. The number of alkyl halides is 1. The van der Waals surface area contributed by atoms with Gasteiger partial charge in [-0.15, -0.1) is 11.6 Å². The molecule has 0 amide bonds. The number of rotatable bonds is 3. The van der Waals surface area contributed by atoms with Gasteiger partial charge in [0.2, 0.25) is 0 Å². The quantitative estimate of drug-likeness (QED) is 0.590. The van der Waals surface area contributed by atoms with Crippen LogP contribution in [0.3, 0.4) is 0 Å². The molecule has 0 aliphatic carbocycles. The molecule has 0 saturated carbocycles. The van der Waals surface area contributed by atoms with E-state index < -0.39 is 10.1 Å². The van der Waals surface area contributed by atoms with E-state index in [9.17, 15) is 13.0 Å². The standard InChI is InChI=1S/C9H11ClO3S/c1-7-2-3-9(14(11,12)13)6-8(7)4-5-10/h2-3,6H,4-5H2,1H3,(H,11,12,13)/p-1. The van der Waals surface area contributed by atoms with Crippen LogP contribution in [0.25, 0.3) is 0 Å². The maximum Gasteiger partial charge on any atom is 0.124 e. The largest absolute Gasteiger partial charge is 0.744 e. The van der Waals surface area contributed by atoms with Crippen LogP contribution in [0, 0.1) is 6.92 Å². The van der Waals surface area contributed by atoms with E-state index in [1.165, 1.54) is 12.1 Å². The summed E-state index contributed by atoms with van der Waals surface area (Å²) >= 11 is 5.55. The first kappa shape index (κ1) is 11.5. The molecule has 5 heteroatoms. The minimum atomic E-state index is -4.35. The Morgan fingerprint density at radius 1 is 1.43 bits per heavy atom. The van der Waals surface area contributed by atoms with Crippen LogP contribution >= 0.6 is 11.6 Å². The molecule has 78 valence electrons. The van der Waals surface area contributed by atoms with Crippen LogP contribution in [-0.4, -0.2) is 18.9 Å². The Hall–Kier alpha value is -0.580. The Labute approximate surface area is 88.5 Å². The summed E-state index contributed by atoms with van der Waals surface area (Å²) in [7, 11) is -4.35. The molecule has 1 rings (SSSR count). The summed E-state index contributed by atoms with van der Waals surface area (Å²) in [5, 5.41) is 0. The zero-order valence-corrected chi connectivity index (χ0v) is 9.23. The van der Waals surface area contributed by atoms with E-state index in [4.69, 9.17) is 11.6 Å². The first-order chi connectivity index (χ1) is 6.45. The van der Waals surface area contributed by atoms with Crippen LogP contribution in [0.5, 0.6) is 0 Å².